The number of halogens is 5. The maximum atomic E-state index is 12.8. The minimum absolute atomic E-state index is 0.280. The fourth-order valence-electron chi connectivity index (χ4n) is 3.02. The summed E-state index contributed by atoms with van der Waals surface area (Å²) in [4.78, 5) is 3.86. The Hall–Kier alpha value is -2.09. The van der Waals surface area contributed by atoms with Gasteiger partial charge in [-0.25, -0.2) is 9.67 Å². The van der Waals surface area contributed by atoms with E-state index in [1.165, 1.54) is 35.5 Å². The van der Waals surface area contributed by atoms with Gasteiger partial charge in [-0.15, -0.1) is 0 Å². The molecule has 148 valence electrons. The molecule has 0 spiro atoms. The Morgan fingerprint density at radius 3 is 2.18 bits per heavy atom. The summed E-state index contributed by atoms with van der Waals surface area (Å²) in [7, 11) is 0. The Balaban J connectivity index is 1.91. The van der Waals surface area contributed by atoms with Crippen molar-refractivity contribution < 1.29 is 18.3 Å². The van der Waals surface area contributed by atoms with Gasteiger partial charge in [0, 0.05) is 22.4 Å². The smallest absolute Gasteiger partial charge is 0.388 e. The maximum absolute atomic E-state index is 12.8. The zero-order valence-electron chi connectivity index (χ0n) is 14.4. The van der Waals surface area contributed by atoms with E-state index in [0.717, 1.165) is 0 Å². The lowest BCUT2D eigenvalue weighted by molar-refractivity contribution is -0.137. The second kappa shape index (κ2) is 8.51. The number of nitrogens with zero attached hydrogens (tertiary/aromatic N) is 3. The van der Waals surface area contributed by atoms with Gasteiger partial charge < -0.3 is 5.11 Å². The third kappa shape index (κ3) is 5.25. The van der Waals surface area contributed by atoms with Crippen LogP contribution < -0.4 is 0 Å². The van der Waals surface area contributed by atoms with Gasteiger partial charge in [-0.3, -0.25) is 0 Å². The SMILES string of the molecule is OC(c1cc(Cl)cc(Cl)c1)C(CCC(F)(F)F)c1ccc(-n2cncn2)cc1. The van der Waals surface area contributed by atoms with E-state index in [1.54, 1.807) is 24.3 Å². The number of rotatable bonds is 6. The fraction of sp³-hybridized carbons (Fsp3) is 0.263. The van der Waals surface area contributed by atoms with Crippen molar-refractivity contribution in [1.82, 2.24) is 14.8 Å². The van der Waals surface area contributed by atoms with Crippen molar-refractivity contribution in [2.45, 2.75) is 31.0 Å². The monoisotopic (exact) mass is 429 g/mol. The van der Waals surface area contributed by atoms with Crippen LogP contribution in [-0.2, 0) is 0 Å². The van der Waals surface area contributed by atoms with Crippen LogP contribution >= 0.6 is 23.2 Å². The molecule has 3 rings (SSSR count). The second-order valence-corrected chi connectivity index (χ2v) is 7.21. The standard InChI is InChI=1S/C19H16Cl2F3N3O/c20-14-7-13(8-15(21)9-14)18(28)17(5-6-19(22,23)24)12-1-3-16(4-2-12)27-11-25-10-26-27/h1-4,7-11,17-18,28H,5-6H2. The Bertz CT molecular complexity index is 895. The van der Waals surface area contributed by atoms with Crippen LogP contribution in [0.5, 0.6) is 0 Å². The molecule has 2 atom stereocenters. The van der Waals surface area contributed by atoms with Crippen molar-refractivity contribution in [1.29, 1.82) is 0 Å². The highest BCUT2D eigenvalue weighted by Gasteiger charge is 2.32. The Morgan fingerprint density at radius 2 is 1.64 bits per heavy atom. The second-order valence-electron chi connectivity index (χ2n) is 6.34. The van der Waals surface area contributed by atoms with Crippen molar-refractivity contribution >= 4 is 23.2 Å². The Labute approximate surface area is 169 Å². The molecule has 4 nitrogen and oxygen atoms in total. The normalized spacial score (nSPS) is 14.1. The van der Waals surface area contributed by atoms with E-state index in [9.17, 15) is 18.3 Å². The molecule has 1 aromatic heterocycles. The molecular weight excluding hydrogens is 414 g/mol. The molecule has 0 aliphatic heterocycles. The molecule has 3 aromatic rings. The van der Waals surface area contributed by atoms with Crippen LogP contribution in [0.15, 0.2) is 55.1 Å². The van der Waals surface area contributed by atoms with Crippen LogP contribution in [0.3, 0.4) is 0 Å². The average molecular weight is 430 g/mol. The van der Waals surface area contributed by atoms with Crippen LogP contribution in [0.2, 0.25) is 10.0 Å². The first kappa shape index (κ1) is 20.6. The molecule has 0 aliphatic rings. The van der Waals surface area contributed by atoms with Gasteiger partial charge in [0.15, 0.2) is 0 Å². The third-order valence-electron chi connectivity index (χ3n) is 4.35. The quantitative estimate of drug-likeness (QED) is 0.543. The van der Waals surface area contributed by atoms with Gasteiger partial charge in [-0.2, -0.15) is 18.3 Å². The number of aliphatic hydroxyl groups is 1. The van der Waals surface area contributed by atoms with Gasteiger partial charge in [0.2, 0.25) is 0 Å². The van der Waals surface area contributed by atoms with Crippen LogP contribution in [-0.4, -0.2) is 26.0 Å². The average Bonchev–Trinajstić information content (AvgIpc) is 3.15. The minimum atomic E-state index is -4.33. The first-order valence-corrected chi connectivity index (χ1v) is 9.14. The van der Waals surface area contributed by atoms with Gasteiger partial charge in [-0.1, -0.05) is 35.3 Å². The first-order chi connectivity index (χ1) is 13.2. The van der Waals surface area contributed by atoms with Crippen molar-refractivity contribution in [3.8, 4) is 5.69 Å². The van der Waals surface area contributed by atoms with Gasteiger partial charge in [0.25, 0.3) is 0 Å². The van der Waals surface area contributed by atoms with Crippen LogP contribution in [0.1, 0.15) is 36.0 Å². The number of hydrogen-bond acceptors (Lipinski definition) is 3. The zero-order valence-corrected chi connectivity index (χ0v) is 16.0. The van der Waals surface area contributed by atoms with Crippen LogP contribution in [0.4, 0.5) is 13.2 Å². The predicted octanol–water partition coefficient (Wildman–Crippen LogP) is 5.73. The molecule has 1 N–H and O–H groups in total. The summed E-state index contributed by atoms with van der Waals surface area (Å²) in [6.45, 7) is 0. The molecule has 2 unspecified atom stereocenters. The highest BCUT2D eigenvalue weighted by Crippen LogP contribution is 2.39. The largest absolute Gasteiger partial charge is 0.389 e. The van der Waals surface area contributed by atoms with Gasteiger partial charge >= 0.3 is 6.18 Å². The molecule has 1 heterocycles. The minimum Gasteiger partial charge on any atom is -0.388 e. The summed E-state index contributed by atoms with van der Waals surface area (Å²) in [5.41, 5.74) is 1.64. The van der Waals surface area contributed by atoms with Crippen molar-refractivity contribution in [2.75, 3.05) is 0 Å². The topological polar surface area (TPSA) is 50.9 Å². The summed E-state index contributed by atoms with van der Waals surface area (Å²) in [6.07, 6.45) is -3.93. The van der Waals surface area contributed by atoms with Crippen LogP contribution in [0.25, 0.3) is 5.69 Å². The summed E-state index contributed by atoms with van der Waals surface area (Å²) < 4.78 is 40.0. The van der Waals surface area contributed by atoms with Crippen molar-refractivity contribution in [2.24, 2.45) is 0 Å². The summed E-state index contributed by atoms with van der Waals surface area (Å²) in [5, 5.41) is 15.4. The lowest BCUT2D eigenvalue weighted by atomic mass is 9.85. The van der Waals surface area contributed by atoms with Gasteiger partial charge in [0.05, 0.1) is 11.8 Å². The van der Waals surface area contributed by atoms with Crippen LogP contribution in [0, 0.1) is 0 Å². The summed E-state index contributed by atoms with van der Waals surface area (Å²) in [5.74, 6) is -0.791. The molecular formula is C19H16Cl2F3N3O. The van der Waals surface area contributed by atoms with Gasteiger partial charge in [0.1, 0.15) is 12.7 Å². The van der Waals surface area contributed by atoms with Crippen molar-refractivity contribution in [3.63, 3.8) is 0 Å². The number of aliphatic hydroxyl groups excluding tert-OH is 1. The first-order valence-electron chi connectivity index (χ1n) is 8.39. The molecule has 28 heavy (non-hydrogen) atoms. The predicted molar refractivity (Wildman–Crippen MR) is 101 cm³/mol. The van der Waals surface area contributed by atoms with E-state index in [0.29, 0.717) is 26.9 Å². The molecule has 0 aliphatic carbocycles. The highest BCUT2D eigenvalue weighted by molar-refractivity contribution is 6.34. The maximum Gasteiger partial charge on any atom is 0.389 e. The summed E-state index contributed by atoms with van der Waals surface area (Å²) >= 11 is 12.0. The molecule has 0 radical (unpaired) electrons. The number of benzene rings is 2. The van der Waals surface area contributed by atoms with Crippen molar-refractivity contribution in [3.05, 3.63) is 76.3 Å². The van der Waals surface area contributed by atoms with E-state index >= 15 is 0 Å². The molecule has 0 fully saturated rings. The molecule has 0 amide bonds. The van der Waals surface area contributed by atoms with E-state index in [2.05, 4.69) is 10.1 Å². The molecule has 2 aromatic carbocycles. The number of hydrogen-bond donors (Lipinski definition) is 1. The lowest BCUT2D eigenvalue weighted by Crippen LogP contribution is -2.16. The molecule has 0 saturated carbocycles. The Morgan fingerprint density at radius 1 is 1.00 bits per heavy atom. The summed E-state index contributed by atoms with van der Waals surface area (Å²) in [6, 6.07) is 11.3. The third-order valence-corrected chi connectivity index (χ3v) is 4.79. The van der Waals surface area contributed by atoms with E-state index < -0.39 is 24.6 Å². The Kier molecular flexibility index (Phi) is 6.27. The number of aromatic nitrogens is 3. The molecule has 0 saturated heterocycles. The molecule has 0 bridgehead atoms. The fourth-order valence-corrected chi connectivity index (χ4v) is 3.56. The lowest BCUT2D eigenvalue weighted by Gasteiger charge is -2.25. The van der Waals surface area contributed by atoms with E-state index in [4.69, 9.17) is 23.2 Å². The molecule has 9 heteroatoms. The van der Waals surface area contributed by atoms with Gasteiger partial charge in [-0.05, 0) is 47.9 Å². The van der Waals surface area contributed by atoms with E-state index in [-0.39, 0.29) is 6.42 Å². The number of alkyl halides is 3. The van der Waals surface area contributed by atoms with E-state index in [1.807, 2.05) is 0 Å². The zero-order chi connectivity index (χ0) is 20.3. The highest BCUT2D eigenvalue weighted by atomic mass is 35.5.